The molecular formula is C12H18N4O2. The third-order valence-corrected chi connectivity index (χ3v) is 3.34. The highest BCUT2D eigenvalue weighted by Crippen LogP contribution is 2.21. The molecule has 6 nitrogen and oxygen atoms in total. The number of hydrogen-bond donors (Lipinski definition) is 2. The Kier molecular flexibility index (Phi) is 3.36. The first-order valence-corrected chi connectivity index (χ1v) is 6.35. The zero-order valence-corrected chi connectivity index (χ0v) is 10.9. The van der Waals surface area contributed by atoms with Crippen LogP contribution in [0.15, 0.2) is 9.59 Å². The summed E-state index contributed by atoms with van der Waals surface area (Å²) in [4.78, 5) is 33.2. The molecule has 98 valence electrons. The van der Waals surface area contributed by atoms with Gasteiger partial charge in [-0.05, 0) is 19.8 Å². The van der Waals surface area contributed by atoms with Gasteiger partial charge in [0.2, 0.25) is 0 Å². The summed E-state index contributed by atoms with van der Waals surface area (Å²) in [5.41, 5.74) is 0.0357. The number of aryl methyl sites for hydroxylation is 1. The topological polar surface area (TPSA) is 83.5 Å². The molecule has 0 amide bonds. The number of hydrogen-bond acceptors (Lipinski definition) is 3. The van der Waals surface area contributed by atoms with Crippen molar-refractivity contribution in [2.24, 2.45) is 0 Å². The Balaban J connectivity index is 2.74. The molecule has 0 saturated heterocycles. The number of H-pyrrole nitrogens is 2. The summed E-state index contributed by atoms with van der Waals surface area (Å²) in [6.07, 6.45) is 1.90. The molecule has 2 heterocycles. The van der Waals surface area contributed by atoms with Crippen molar-refractivity contribution < 1.29 is 0 Å². The second kappa shape index (κ2) is 4.80. The molecule has 18 heavy (non-hydrogen) atoms. The number of aromatic nitrogens is 4. The maximum absolute atomic E-state index is 11.7. The van der Waals surface area contributed by atoms with Crippen LogP contribution in [0.4, 0.5) is 0 Å². The standard InChI is InChI=1S/C12H18N4O2/c1-4-7(5-2)9-13-8-10(14-9)16(6-3)12(18)15-11(8)17/h7H,4-6H2,1-3H3,(H,13,14)(H,15,17,18). The Hall–Kier alpha value is -1.85. The van der Waals surface area contributed by atoms with E-state index in [1.165, 1.54) is 4.57 Å². The maximum atomic E-state index is 11.7. The van der Waals surface area contributed by atoms with Crippen molar-refractivity contribution in [2.45, 2.75) is 46.1 Å². The second-order valence-electron chi connectivity index (χ2n) is 4.34. The van der Waals surface area contributed by atoms with Crippen LogP contribution >= 0.6 is 0 Å². The van der Waals surface area contributed by atoms with E-state index in [0.717, 1.165) is 18.7 Å². The molecule has 0 aliphatic heterocycles. The van der Waals surface area contributed by atoms with Crippen LogP contribution in [0.3, 0.4) is 0 Å². The van der Waals surface area contributed by atoms with Crippen LogP contribution in [0.2, 0.25) is 0 Å². The highest BCUT2D eigenvalue weighted by Gasteiger charge is 2.16. The largest absolute Gasteiger partial charge is 0.336 e. The van der Waals surface area contributed by atoms with Gasteiger partial charge in [0.05, 0.1) is 0 Å². The van der Waals surface area contributed by atoms with E-state index in [0.29, 0.717) is 17.7 Å². The highest BCUT2D eigenvalue weighted by atomic mass is 16.2. The van der Waals surface area contributed by atoms with Gasteiger partial charge in [0.15, 0.2) is 5.65 Å². The lowest BCUT2D eigenvalue weighted by Crippen LogP contribution is -2.29. The van der Waals surface area contributed by atoms with E-state index in [1.54, 1.807) is 0 Å². The van der Waals surface area contributed by atoms with Crippen molar-refractivity contribution in [3.8, 4) is 0 Å². The van der Waals surface area contributed by atoms with Crippen molar-refractivity contribution in [3.63, 3.8) is 0 Å². The predicted octanol–water partition coefficient (Wildman–Crippen LogP) is 1.34. The zero-order valence-electron chi connectivity index (χ0n) is 10.9. The fourth-order valence-electron chi connectivity index (χ4n) is 2.22. The Labute approximate surface area is 104 Å². The molecular weight excluding hydrogens is 232 g/mol. The number of rotatable bonds is 4. The number of imidazole rings is 1. The number of aromatic amines is 2. The monoisotopic (exact) mass is 250 g/mol. The van der Waals surface area contributed by atoms with Crippen LogP contribution in [0.25, 0.3) is 11.2 Å². The van der Waals surface area contributed by atoms with Crippen molar-refractivity contribution >= 4 is 11.2 Å². The van der Waals surface area contributed by atoms with E-state index >= 15 is 0 Å². The van der Waals surface area contributed by atoms with Gasteiger partial charge in [-0.25, -0.2) is 9.78 Å². The van der Waals surface area contributed by atoms with Crippen LogP contribution in [-0.4, -0.2) is 19.5 Å². The molecule has 6 heteroatoms. The third-order valence-electron chi connectivity index (χ3n) is 3.34. The van der Waals surface area contributed by atoms with Gasteiger partial charge in [0.25, 0.3) is 5.56 Å². The van der Waals surface area contributed by atoms with E-state index in [-0.39, 0.29) is 5.92 Å². The summed E-state index contributed by atoms with van der Waals surface area (Å²) in [5, 5.41) is 0. The molecule has 0 bridgehead atoms. The normalized spacial score (nSPS) is 11.6. The van der Waals surface area contributed by atoms with Gasteiger partial charge < -0.3 is 4.98 Å². The summed E-state index contributed by atoms with van der Waals surface area (Å²) in [6, 6.07) is 0. The van der Waals surface area contributed by atoms with Crippen molar-refractivity contribution in [3.05, 3.63) is 26.7 Å². The molecule has 2 rings (SSSR count). The van der Waals surface area contributed by atoms with Gasteiger partial charge in [-0.3, -0.25) is 14.3 Å². The zero-order chi connectivity index (χ0) is 13.3. The molecule has 0 aliphatic carbocycles. The summed E-state index contributed by atoms with van der Waals surface area (Å²) in [7, 11) is 0. The van der Waals surface area contributed by atoms with Gasteiger partial charge in [0, 0.05) is 12.5 Å². The quantitative estimate of drug-likeness (QED) is 0.858. The van der Waals surface area contributed by atoms with Gasteiger partial charge in [-0.15, -0.1) is 0 Å². The molecule has 0 fully saturated rings. The molecule has 0 saturated carbocycles. The summed E-state index contributed by atoms with van der Waals surface area (Å²) >= 11 is 0. The van der Waals surface area contributed by atoms with Crippen LogP contribution in [0.1, 0.15) is 45.4 Å². The molecule has 0 aliphatic rings. The lowest BCUT2D eigenvalue weighted by atomic mass is 10.0. The van der Waals surface area contributed by atoms with E-state index < -0.39 is 11.2 Å². The van der Waals surface area contributed by atoms with Gasteiger partial charge in [-0.2, -0.15) is 0 Å². The van der Waals surface area contributed by atoms with Crippen LogP contribution in [0, 0.1) is 0 Å². The Morgan fingerprint density at radius 1 is 1.17 bits per heavy atom. The molecule has 2 aromatic rings. The Morgan fingerprint density at radius 3 is 2.39 bits per heavy atom. The van der Waals surface area contributed by atoms with Gasteiger partial charge in [-0.1, -0.05) is 13.8 Å². The molecule has 0 unspecified atom stereocenters. The molecule has 2 aromatic heterocycles. The highest BCUT2D eigenvalue weighted by molar-refractivity contribution is 5.69. The van der Waals surface area contributed by atoms with E-state index in [9.17, 15) is 9.59 Å². The lowest BCUT2D eigenvalue weighted by molar-refractivity contribution is 0.609. The fraction of sp³-hybridized carbons (Fsp3) is 0.583. The van der Waals surface area contributed by atoms with Crippen molar-refractivity contribution in [2.75, 3.05) is 0 Å². The Morgan fingerprint density at radius 2 is 1.83 bits per heavy atom. The smallest absolute Gasteiger partial charge is 0.330 e. The summed E-state index contributed by atoms with van der Waals surface area (Å²) < 4.78 is 1.47. The number of nitrogens with zero attached hydrogens (tertiary/aromatic N) is 2. The summed E-state index contributed by atoms with van der Waals surface area (Å²) in [5.74, 6) is 1.07. The van der Waals surface area contributed by atoms with Crippen molar-refractivity contribution in [1.29, 1.82) is 0 Å². The Bertz CT molecular complexity index is 661. The molecule has 2 N–H and O–H groups in total. The first kappa shape index (κ1) is 12.6. The average Bonchev–Trinajstić information content (AvgIpc) is 2.76. The first-order chi connectivity index (χ1) is 8.62. The number of nitrogens with one attached hydrogen (secondary N) is 2. The molecule has 0 radical (unpaired) electrons. The number of fused-ring (bicyclic) bond motifs is 1. The molecule has 0 atom stereocenters. The minimum Gasteiger partial charge on any atom is -0.336 e. The van der Waals surface area contributed by atoms with Crippen LogP contribution in [0.5, 0.6) is 0 Å². The minimum atomic E-state index is -0.405. The maximum Gasteiger partial charge on any atom is 0.330 e. The van der Waals surface area contributed by atoms with Crippen LogP contribution in [-0.2, 0) is 6.54 Å². The SMILES string of the molecule is CCC(CC)c1nc2c([nH]1)c(=O)[nH]c(=O)n2CC. The second-order valence-corrected chi connectivity index (χ2v) is 4.34. The summed E-state index contributed by atoms with van der Waals surface area (Å²) in [6.45, 7) is 6.50. The van der Waals surface area contributed by atoms with Gasteiger partial charge >= 0.3 is 5.69 Å². The molecule has 0 aromatic carbocycles. The average molecular weight is 250 g/mol. The fourth-order valence-corrected chi connectivity index (χ4v) is 2.22. The minimum absolute atomic E-state index is 0.289. The van der Waals surface area contributed by atoms with E-state index in [1.807, 2.05) is 6.92 Å². The van der Waals surface area contributed by atoms with Crippen molar-refractivity contribution in [1.82, 2.24) is 19.5 Å². The van der Waals surface area contributed by atoms with E-state index in [4.69, 9.17) is 0 Å². The van der Waals surface area contributed by atoms with E-state index in [2.05, 4.69) is 28.8 Å². The van der Waals surface area contributed by atoms with Crippen LogP contribution < -0.4 is 11.2 Å². The third kappa shape index (κ3) is 1.87. The first-order valence-electron chi connectivity index (χ1n) is 6.35. The predicted molar refractivity (Wildman–Crippen MR) is 70.0 cm³/mol. The lowest BCUT2D eigenvalue weighted by Gasteiger charge is -2.07. The van der Waals surface area contributed by atoms with Gasteiger partial charge in [0.1, 0.15) is 11.3 Å². The molecule has 0 spiro atoms.